The summed E-state index contributed by atoms with van der Waals surface area (Å²) in [7, 11) is 0.895. The molecule has 52 heavy (non-hydrogen) atoms. The zero-order valence-corrected chi connectivity index (χ0v) is 32.2. The van der Waals surface area contributed by atoms with E-state index >= 15 is 0 Å². The van der Waals surface area contributed by atoms with Crippen molar-refractivity contribution in [3.8, 4) is 11.1 Å². The van der Waals surface area contributed by atoms with Gasteiger partial charge in [-0.3, -0.25) is 0 Å². The third-order valence-electron chi connectivity index (χ3n) is 12.8. The second-order valence-electron chi connectivity index (χ2n) is 17.4. The molecule has 0 spiro atoms. The number of rotatable bonds is 3. The number of anilines is 5. The van der Waals surface area contributed by atoms with Crippen LogP contribution in [-0.4, -0.2) is 7.28 Å². The third-order valence-corrected chi connectivity index (χ3v) is 14.0. The Morgan fingerprint density at radius 3 is 2.25 bits per heavy atom. The fourth-order valence-electron chi connectivity index (χ4n) is 9.79. The monoisotopic (exact) mass is 692 g/mol. The van der Waals surface area contributed by atoms with Crippen LogP contribution in [0.15, 0.2) is 109 Å². The predicted molar refractivity (Wildman–Crippen MR) is 228 cm³/mol. The molecule has 3 aliphatic rings. The molecule has 0 fully saturated rings. The first-order valence-corrected chi connectivity index (χ1v) is 19.8. The Balaban J connectivity index is 1.23. The van der Waals surface area contributed by atoms with E-state index in [0.717, 1.165) is 13.0 Å². The van der Waals surface area contributed by atoms with Crippen molar-refractivity contribution in [1.29, 1.82) is 0 Å². The summed E-state index contributed by atoms with van der Waals surface area (Å²) in [6.07, 6.45) is 2.42. The molecule has 0 radical (unpaired) electrons. The van der Waals surface area contributed by atoms with Gasteiger partial charge in [0.05, 0.1) is 5.69 Å². The highest BCUT2D eigenvalue weighted by molar-refractivity contribution is 7.26. The molecule has 1 N–H and O–H groups in total. The lowest BCUT2D eigenvalue weighted by Crippen LogP contribution is -2.45. The second-order valence-corrected chi connectivity index (χ2v) is 18.4. The van der Waals surface area contributed by atoms with Crippen LogP contribution in [-0.2, 0) is 16.2 Å². The minimum Gasteiger partial charge on any atom is -0.355 e. The smallest absolute Gasteiger partial charge is 0.198 e. The number of fused-ring (bicyclic) bond motifs is 8. The lowest BCUT2D eigenvalue weighted by atomic mass is 9.56. The first kappa shape index (κ1) is 31.9. The van der Waals surface area contributed by atoms with Gasteiger partial charge in [0.2, 0.25) is 0 Å². The van der Waals surface area contributed by atoms with Crippen LogP contribution in [0.4, 0.5) is 28.4 Å². The van der Waals surface area contributed by atoms with Gasteiger partial charge in [0, 0.05) is 53.9 Å². The average Bonchev–Trinajstić information content (AvgIpc) is 3.50. The largest absolute Gasteiger partial charge is 0.355 e. The molecular formula is C48H45BN2S. The zero-order valence-electron chi connectivity index (χ0n) is 31.4. The molecule has 0 atom stereocenters. The number of aryl methyl sites for hydroxylation is 1. The van der Waals surface area contributed by atoms with Gasteiger partial charge in [-0.25, -0.2) is 0 Å². The zero-order chi connectivity index (χ0) is 35.7. The SMILES string of the molecule is Cc1cc(-c2c(Nc3ccc4c(c3)C(C)(C)CCC4(C)C)ccc3c2sc2ccccc23)c2c(c1)N1c3ccccc3C(C)(C)c3cccc(c31)B2. The van der Waals surface area contributed by atoms with Crippen molar-refractivity contribution in [2.45, 2.75) is 77.6 Å². The molecule has 10 rings (SSSR count). The van der Waals surface area contributed by atoms with Gasteiger partial charge in [-0.15, -0.1) is 11.3 Å². The van der Waals surface area contributed by atoms with Gasteiger partial charge in [0.1, 0.15) is 0 Å². The Bertz CT molecular complexity index is 2640. The van der Waals surface area contributed by atoms with Crippen LogP contribution in [0.5, 0.6) is 0 Å². The number of hydrogen-bond acceptors (Lipinski definition) is 3. The van der Waals surface area contributed by atoms with Crippen LogP contribution in [0.1, 0.15) is 82.2 Å². The van der Waals surface area contributed by atoms with E-state index < -0.39 is 0 Å². The molecule has 0 saturated carbocycles. The number of hydrogen-bond donors (Lipinski definition) is 1. The summed E-state index contributed by atoms with van der Waals surface area (Å²) < 4.78 is 2.68. The molecule has 2 nitrogen and oxygen atoms in total. The fraction of sp³-hybridized carbons (Fsp3) is 0.250. The van der Waals surface area contributed by atoms with E-state index in [9.17, 15) is 0 Å². The Kier molecular flexibility index (Phi) is 6.67. The lowest BCUT2D eigenvalue weighted by Gasteiger charge is -2.46. The van der Waals surface area contributed by atoms with Crippen LogP contribution in [0.2, 0.25) is 0 Å². The molecule has 0 bridgehead atoms. The molecule has 1 aromatic heterocycles. The molecule has 256 valence electrons. The van der Waals surface area contributed by atoms with Crippen LogP contribution >= 0.6 is 11.3 Å². The number of benzene rings is 6. The summed E-state index contributed by atoms with van der Waals surface area (Å²) in [5.74, 6) is 0. The van der Waals surface area contributed by atoms with E-state index in [0.29, 0.717) is 0 Å². The minimum atomic E-state index is -0.0823. The van der Waals surface area contributed by atoms with E-state index in [-0.39, 0.29) is 16.2 Å². The molecule has 2 aliphatic heterocycles. The summed E-state index contributed by atoms with van der Waals surface area (Å²) in [4.78, 5) is 2.59. The molecular weight excluding hydrogens is 647 g/mol. The van der Waals surface area contributed by atoms with E-state index in [2.05, 4.69) is 168 Å². The van der Waals surface area contributed by atoms with Crippen molar-refractivity contribution in [2.24, 2.45) is 0 Å². The Morgan fingerprint density at radius 2 is 1.40 bits per heavy atom. The Hall–Kier alpha value is -4.80. The van der Waals surface area contributed by atoms with Crippen LogP contribution in [0.25, 0.3) is 31.3 Å². The summed E-state index contributed by atoms with van der Waals surface area (Å²) >= 11 is 1.93. The van der Waals surface area contributed by atoms with Gasteiger partial charge < -0.3 is 10.2 Å². The molecule has 0 amide bonds. The molecule has 4 heteroatoms. The highest BCUT2D eigenvalue weighted by Crippen LogP contribution is 2.53. The van der Waals surface area contributed by atoms with Gasteiger partial charge >= 0.3 is 0 Å². The maximum atomic E-state index is 4.03. The van der Waals surface area contributed by atoms with Crippen molar-refractivity contribution in [3.63, 3.8) is 0 Å². The molecule has 6 aromatic carbocycles. The summed E-state index contributed by atoms with van der Waals surface area (Å²) in [6.45, 7) is 16.7. The number of nitrogens with one attached hydrogen (secondary N) is 1. The Labute approximate surface area is 312 Å². The van der Waals surface area contributed by atoms with Gasteiger partial charge in [-0.05, 0) is 106 Å². The molecule has 1 aliphatic carbocycles. The van der Waals surface area contributed by atoms with Crippen molar-refractivity contribution in [1.82, 2.24) is 0 Å². The average molecular weight is 693 g/mol. The highest BCUT2D eigenvalue weighted by Gasteiger charge is 2.41. The highest BCUT2D eigenvalue weighted by atomic mass is 32.1. The van der Waals surface area contributed by atoms with Crippen molar-refractivity contribution in [2.75, 3.05) is 10.2 Å². The first-order valence-electron chi connectivity index (χ1n) is 18.9. The molecule has 3 heterocycles. The van der Waals surface area contributed by atoms with Crippen molar-refractivity contribution in [3.05, 3.63) is 137 Å². The first-order chi connectivity index (χ1) is 24.9. The van der Waals surface area contributed by atoms with Crippen molar-refractivity contribution < 1.29 is 0 Å². The van der Waals surface area contributed by atoms with Crippen LogP contribution < -0.4 is 21.1 Å². The number of nitrogens with zero attached hydrogens (tertiary/aromatic N) is 1. The number of para-hydroxylation sites is 2. The normalized spacial score (nSPS) is 17.2. The minimum absolute atomic E-state index is 0.0823. The topological polar surface area (TPSA) is 15.3 Å². The van der Waals surface area contributed by atoms with Gasteiger partial charge in [0.15, 0.2) is 7.28 Å². The van der Waals surface area contributed by atoms with Crippen LogP contribution in [0, 0.1) is 6.92 Å². The summed E-state index contributed by atoms with van der Waals surface area (Å²) in [5.41, 5.74) is 19.0. The maximum Gasteiger partial charge on any atom is 0.198 e. The quantitative estimate of drug-likeness (QED) is 0.185. The third kappa shape index (κ3) is 4.49. The van der Waals surface area contributed by atoms with E-state index in [1.807, 2.05) is 11.3 Å². The van der Waals surface area contributed by atoms with Crippen LogP contribution in [0.3, 0.4) is 0 Å². The van der Waals surface area contributed by atoms with Gasteiger partial charge in [-0.1, -0.05) is 120 Å². The fourth-order valence-corrected chi connectivity index (χ4v) is 11.1. The molecule has 7 aromatic rings. The molecule has 0 unspecified atom stereocenters. The summed E-state index contributed by atoms with van der Waals surface area (Å²) in [6, 6.07) is 41.7. The second kappa shape index (κ2) is 10.9. The van der Waals surface area contributed by atoms with Gasteiger partial charge in [0.25, 0.3) is 0 Å². The van der Waals surface area contributed by atoms with Crippen molar-refractivity contribution >= 4 is 78.2 Å². The van der Waals surface area contributed by atoms with Gasteiger partial charge in [-0.2, -0.15) is 0 Å². The van der Waals surface area contributed by atoms with E-state index in [4.69, 9.17) is 0 Å². The predicted octanol–water partition coefficient (Wildman–Crippen LogP) is 11.9. The molecule has 0 saturated heterocycles. The van der Waals surface area contributed by atoms with E-state index in [1.54, 1.807) is 0 Å². The lowest BCUT2D eigenvalue weighted by molar-refractivity contribution is 0.332. The standard InChI is InChI=1S/C48H45BN2S/c1-28-25-32(43-40(26-28)51-39-17-10-9-14-34(39)48(6,7)35-15-12-16-37(49-43)44(35)51)42-38(22-20-31-30-13-8-11-18-41(30)52-45(31)42)50-29-19-21-33-36(27-29)47(4,5)24-23-46(33,2)3/h8-22,25-27,49-50H,23-24H2,1-7H3. The maximum absolute atomic E-state index is 4.03. The summed E-state index contributed by atoms with van der Waals surface area (Å²) in [5, 5.41) is 6.69. The number of thiophene rings is 1. The van der Waals surface area contributed by atoms with E-state index in [1.165, 1.54) is 106 Å². The Morgan fingerprint density at radius 1 is 0.654 bits per heavy atom.